The largest absolute Gasteiger partial charge is 0.309 e. The molecule has 1 aromatic heterocycles. The fourth-order valence-corrected chi connectivity index (χ4v) is 3.95. The number of nitrogens with one attached hydrogen (secondary N) is 1. The molecule has 4 heteroatoms. The number of hydrogen-bond acceptors (Lipinski definition) is 2. The van der Waals surface area contributed by atoms with Gasteiger partial charge in [-0.15, -0.1) is 11.3 Å². The van der Waals surface area contributed by atoms with Gasteiger partial charge >= 0.3 is 0 Å². The zero-order valence-electron chi connectivity index (χ0n) is 12.6. The summed E-state index contributed by atoms with van der Waals surface area (Å²) >= 11 is 5.08. The van der Waals surface area contributed by atoms with Crippen molar-refractivity contribution >= 4 is 27.3 Å². The average Bonchev–Trinajstić information content (AvgIpc) is 2.91. The molecule has 0 saturated carbocycles. The summed E-state index contributed by atoms with van der Waals surface area (Å²) in [7, 11) is 0. The maximum absolute atomic E-state index is 14.0. The Morgan fingerprint density at radius 1 is 1.24 bits per heavy atom. The van der Waals surface area contributed by atoms with Gasteiger partial charge in [0.1, 0.15) is 5.82 Å². The fourth-order valence-electron chi connectivity index (χ4n) is 2.32. The van der Waals surface area contributed by atoms with E-state index in [4.69, 9.17) is 0 Å². The Hall–Kier alpha value is -0.710. The molecule has 1 heterocycles. The molecule has 0 spiro atoms. The van der Waals surface area contributed by atoms with E-state index in [-0.39, 0.29) is 5.82 Å². The van der Waals surface area contributed by atoms with E-state index in [2.05, 4.69) is 48.1 Å². The summed E-state index contributed by atoms with van der Waals surface area (Å²) in [5.74, 6) is 0.338. The number of hydrogen-bond donors (Lipinski definition) is 1. The third-order valence-electron chi connectivity index (χ3n) is 3.41. The Balaban J connectivity index is 2.29. The second kappa shape index (κ2) is 7.52. The van der Waals surface area contributed by atoms with Crippen LogP contribution >= 0.6 is 27.3 Å². The van der Waals surface area contributed by atoms with Crippen molar-refractivity contribution in [3.05, 3.63) is 45.5 Å². The molecule has 0 aliphatic carbocycles. The van der Waals surface area contributed by atoms with E-state index in [9.17, 15) is 4.39 Å². The van der Waals surface area contributed by atoms with Crippen molar-refractivity contribution in [2.75, 3.05) is 6.54 Å². The first-order valence-corrected chi connectivity index (χ1v) is 8.92. The lowest BCUT2D eigenvalue weighted by molar-refractivity contribution is 0.418. The van der Waals surface area contributed by atoms with Crippen LogP contribution in [0, 0.1) is 11.7 Å². The van der Waals surface area contributed by atoms with Crippen LogP contribution < -0.4 is 5.32 Å². The van der Waals surface area contributed by atoms with Gasteiger partial charge in [-0.3, -0.25) is 0 Å². The molecule has 0 saturated heterocycles. The summed E-state index contributed by atoms with van der Waals surface area (Å²) in [5.41, 5.74) is 0.665. The van der Waals surface area contributed by atoms with Gasteiger partial charge < -0.3 is 5.32 Å². The third kappa shape index (κ3) is 4.15. The zero-order chi connectivity index (χ0) is 15.4. The highest BCUT2D eigenvalue weighted by Crippen LogP contribution is 2.36. The average molecular weight is 370 g/mol. The second-order valence-electron chi connectivity index (χ2n) is 5.50. The standard InChI is InChI=1S/C17H21BrFNS/c1-4-9-20-17(11(2)3)16-8-7-15(21-16)13-10-12(18)5-6-14(13)19/h5-8,10-11,17,20H,4,9H2,1-3H3. The van der Waals surface area contributed by atoms with Crippen LogP contribution in [0.5, 0.6) is 0 Å². The Morgan fingerprint density at radius 2 is 2.00 bits per heavy atom. The van der Waals surface area contributed by atoms with Crippen LogP contribution in [-0.4, -0.2) is 6.54 Å². The summed E-state index contributed by atoms with van der Waals surface area (Å²) in [6.45, 7) is 7.60. The maximum Gasteiger partial charge on any atom is 0.131 e. The molecule has 0 amide bonds. The highest BCUT2D eigenvalue weighted by Gasteiger charge is 2.18. The minimum atomic E-state index is -0.172. The van der Waals surface area contributed by atoms with Crippen molar-refractivity contribution in [3.63, 3.8) is 0 Å². The van der Waals surface area contributed by atoms with Crippen LogP contribution in [0.15, 0.2) is 34.8 Å². The Kier molecular flexibility index (Phi) is 5.97. The van der Waals surface area contributed by atoms with E-state index in [1.807, 2.05) is 12.1 Å². The molecular weight excluding hydrogens is 349 g/mol. The van der Waals surface area contributed by atoms with Gasteiger partial charge in [-0.05, 0) is 49.2 Å². The topological polar surface area (TPSA) is 12.0 Å². The molecule has 2 rings (SSSR count). The highest BCUT2D eigenvalue weighted by atomic mass is 79.9. The van der Waals surface area contributed by atoms with Gasteiger partial charge in [0.2, 0.25) is 0 Å². The number of benzene rings is 1. The minimum Gasteiger partial charge on any atom is -0.309 e. The smallest absolute Gasteiger partial charge is 0.131 e. The van der Waals surface area contributed by atoms with Gasteiger partial charge in [-0.25, -0.2) is 4.39 Å². The van der Waals surface area contributed by atoms with Crippen molar-refractivity contribution < 1.29 is 4.39 Å². The summed E-state index contributed by atoms with van der Waals surface area (Å²) < 4.78 is 14.9. The number of thiophene rings is 1. The van der Waals surface area contributed by atoms with Crippen LogP contribution in [0.25, 0.3) is 10.4 Å². The monoisotopic (exact) mass is 369 g/mol. The second-order valence-corrected chi connectivity index (χ2v) is 7.53. The van der Waals surface area contributed by atoms with E-state index >= 15 is 0 Å². The Morgan fingerprint density at radius 3 is 2.67 bits per heavy atom. The number of rotatable bonds is 6. The highest BCUT2D eigenvalue weighted by molar-refractivity contribution is 9.10. The first kappa shape index (κ1) is 16.7. The Labute approximate surface area is 138 Å². The molecule has 21 heavy (non-hydrogen) atoms. The predicted molar refractivity (Wildman–Crippen MR) is 93.3 cm³/mol. The lowest BCUT2D eigenvalue weighted by atomic mass is 10.0. The molecule has 2 aromatic rings. The molecule has 0 aliphatic rings. The van der Waals surface area contributed by atoms with Crippen molar-refractivity contribution in [2.24, 2.45) is 5.92 Å². The van der Waals surface area contributed by atoms with E-state index < -0.39 is 0 Å². The van der Waals surface area contributed by atoms with Gasteiger partial charge in [-0.2, -0.15) is 0 Å². The fraction of sp³-hybridized carbons (Fsp3) is 0.412. The van der Waals surface area contributed by atoms with Crippen LogP contribution in [0.4, 0.5) is 4.39 Å². The molecule has 1 unspecified atom stereocenters. The molecule has 1 atom stereocenters. The molecule has 0 radical (unpaired) electrons. The normalized spacial score (nSPS) is 12.9. The summed E-state index contributed by atoms with van der Waals surface area (Å²) in [6, 6.07) is 9.55. The lowest BCUT2D eigenvalue weighted by Crippen LogP contribution is -2.25. The molecule has 0 bridgehead atoms. The minimum absolute atomic E-state index is 0.172. The van der Waals surface area contributed by atoms with Gasteiger partial charge in [0, 0.05) is 25.8 Å². The van der Waals surface area contributed by atoms with E-state index in [1.165, 1.54) is 10.9 Å². The van der Waals surface area contributed by atoms with Crippen molar-refractivity contribution in [1.29, 1.82) is 0 Å². The maximum atomic E-state index is 14.0. The van der Waals surface area contributed by atoms with Gasteiger partial charge in [0.25, 0.3) is 0 Å². The SMILES string of the molecule is CCCNC(c1ccc(-c2cc(Br)ccc2F)s1)C(C)C. The van der Waals surface area contributed by atoms with Crippen LogP contribution in [0.2, 0.25) is 0 Å². The van der Waals surface area contributed by atoms with E-state index in [0.29, 0.717) is 17.5 Å². The molecule has 1 N–H and O–H groups in total. The van der Waals surface area contributed by atoms with E-state index in [1.54, 1.807) is 17.4 Å². The first-order valence-electron chi connectivity index (χ1n) is 7.31. The molecular formula is C17H21BrFNS. The number of halogens is 2. The molecule has 0 aliphatic heterocycles. The first-order chi connectivity index (χ1) is 10.0. The zero-order valence-corrected chi connectivity index (χ0v) is 15.0. The summed E-state index contributed by atoms with van der Waals surface area (Å²) in [6.07, 6.45) is 1.11. The van der Waals surface area contributed by atoms with Gasteiger partial charge in [-0.1, -0.05) is 36.7 Å². The lowest BCUT2D eigenvalue weighted by Gasteiger charge is -2.20. The Bertz CT molecular complexity index is 594. The third-order valence-corrected chi connectivity index (χ3v) is 5.10. The van der Waals surface area contributed by atoms with Crippen LogP contribution in [0.3, 0.4) is 0 Å². The van der Waals surface area contributed by atoms with Crippen molar-refractivity contribution in [3.8, 4) is 10.4 Å². The van der Waals surface area contributed by atoms with Crippen molar-refractivity contribution in [1.82, 2.24) is 5.32 Å². The summed E-state index contributed by atoms with van der Waals surface area (Å²) in [5, 5.41) is 3.58. The molecule has 1 nitrogen and oxygen atoms in total. The van der Waals surface area contributed by atoms with E-state index in [0.717, 1.165) is 22.3 Å². The van der Waals surface area contributed by atoms with Crippen LogP contribution in [-0.2, 0) is 0 Å². The van der Waals surface area contributed by atoms with Gasteiger partial charge in [0.05, 0.1) is 0 Å². The van der Waals surface area contributed by atoms with Gasteiger partial charge in [0.15, 0.2) is 0 Å². The molecule has 1 aromatic carbocycles. The molecule has 0 fully saturated rings. The van der Waals surface area contributed by atoms with Crippen LogP contribution in [0.1, 0.15) is 38.1 Å². The van der Waals surface area contributed by atoms with Crippen molar-refractivity contribution in [2.45, 2.75) is 33.2 Å². The summed E-state index contributed by atoms with van der Waals surface area (Å²) in [4.78, 5) is 2.25. The quantitative estimate of drug-likeness (QED) is 0.656. The molecule has 114 valence electrons. The predicted octanol–water partition coefficient (Wildman–Crippen LogP) is 6.01.